The molecule has 6 heteroatoms. The number of carbonyl (C=O) groups is 1. The van der Waals surface area contributed by atoms with E-state index in [1.54, 1.807) is 24.3 Å². The first-order valence-electron chi connectivity index (χ1n) is 6.74. The van der Waals surface area contributed by atoms with Crippen molar-refractivity contribution >= 4 is 6.03 Å². The summed E-state index contributed by atoms with van der Waals surface area (Å²) in [5, 5.41) is 14.3. The van der Waals surface area contributed by atoms with Gasteiger partial charge in [0, 0.05) is 12.1 Å². The topological polar surface area (TPSA) is 61.4 Å². The van der Waals surface area contributed by atoms with Crippen molar-refractivity contribution in [2.24, 2.45) is 0 Å². The Morgan fingerprint density at radius 2 is 1.86 bits per heavy atom. The third-order valence-electron chi connectivity index (χ3n) is 3.14. The fourth-order valence-electron chi connectivity index (χ4n) is 1.98. The van der Waals surface area contributed by atoms with Crippen molar-refractivity contribution in [1.29, 1.82) is 0 Å². The molecular formula is C16H16F2N2O2. The number of hydrogen-bond donors (Lipinski definition) is 3. The number of aliphatic hydroxyl groups excluding tert-OH is 1. The van der Waals surface area contributed by atoms with Gasteiger partial charge in [-0.3, -0.25) is 0 Å². The first kappa shape index (κ1) is 15.9. The fourth-order valence-corrected chi connectivity index (χ4v) is 1.98. The Kier molecular flexibility index (Phi) is 5.43. The van der Waals surface area contributed by atoms with Crippen LogP contribution in [0.3, 0.4) is 0 Å². The molecule has 4 nitrogen and oxygen atoms in total. The number of nitrogens with one attached hydrogen (secondary N) is 2. The maximum Gasteiger partial charge on any atom is 0.315 e. The second-order valence-electron chi connectivity index (χ2n) is 4.71. The molecule has 0 fully saturated rings. The molecule has 0 saturated carbocycles. The van der Waals surface area contributed by atoms with Crippen molar-refractivity contribution < 1.29 is 18.7 Å². The third-order valence-corrected chi connectivity index (χ3v) is 3.14. The Morgan fingerprint density at radius 1 is 1.14 bits per heavy atom. The van der Waals surface area contributed by atoms with Gasteiger partial charge in [0.2, 0.25) is 0 Å². The second kappa shape index (κ2) is 7.51. The standard InChI is InChI=1S/C16H16F2N2O2/c17-13-6-7-14(18)12(8-13)9-19-16(22)20-15(10-21)11-4-2-1-3-5-11/h1-8,15,21H,9-10H2,(H2,19,20,22). The van der Waals surface area contributed by atoms with Crippen LogP contribution in [0.15, 0.2) is 48.5 Å². The Balaban J connectivity index is 1.93. The summed E-state index contributed by atoms with van der Waals surface area (Å²) >= 11 is 0. The average molecular weight is 306 g/mol. The molecule has 2 aromatic carbocycles. The summed E-state index contributed by atoms with van der Waals surface area (Å²) in [6.45, 7) is -0.422. The lowest BCUT2D eigenvalue weighted by Gasteiger charge is -2.17. The SMILES string of the molecule is O=C(NCc1cc(F)ccc1F)NC(CO)c1ccccc1. The number of amides is 2. The van der Waals surface area contributed by atoms with E-state index in [0.29, 0.717) is 0 Å². The van der Waals surface area contributed by atoms with Crippen LogP contribution < -0.4 is 10.6 Å². The van der Waals surface area contributed by atoms with E-state index < -0.39 is 23.7 Å². The van der Waals surface area contributed by atoms with Gasteiger partial charge in [-0.1, -0.05) is 30.3 Å². The van der Waals surface area contributed by atoms with Crippen LogP contribution in [0.1, 0.15) is 17.2 Å². The number of hydrogen-bond acceptors (Lipinski definition) is 2. The molecule has 2 rings (SSSR count). The van der Waals surface area contributed by atoms with E-state index in [4.69, 9.17) is 0 Å². The quantitative estimate of drug-likeness (QED) is 0.795. The van der Waals surface area contributed by atoms with Gasteiger partial charge in [-0.2, -0.15) is 0 Å². The van der Waals surface area contributed by atoms with E-state index in [1.807, 2.05) is 6.07 Å². The molecule has 0 spiro atoms. The molecule has 1 atom stereocenters. The predicted molar refractivity (Wildman–Crippen MR) is 78.0 cm³/mol. The van der Waals surface area contributed by atoms with Crippen LogP contribution in [0, 0.1) is 11.6 Å². The molecule has 0 aliphatic heterocycles. The Morgan fingerprint density at radius 3 is 2.55 bits per heavy atom. The highest BCUT2D eigenvalue weighted by molar-refractivity contribution is 5.74. The van der Waals surface area contributed by atoms with Gasteiger partial charge in [-0.15, -0.1) is 0 Å². The van der Waals surface area contributed by atoms with Gasteiger partial charge in [-0.25, -0.2) is 13.6 Å². The van der Waals surface area contributed by atoms with E-state index in [9.17, 15) is 18.7 Å². The molecule has 2 amide bonds. The largest absolute Gasteiger partial charge is 0.394 e. The molecule has 0 saturated heterocycles. The second-order valence-corrected chi connectivity index (χ2v) is 4.71. The molecule has 0 heterocycles. The van der Waals surface area contributed by atoms with Crippen LogP contribution in [0.25, 0.3) is 0 Å². The lowest BCUT2D eigenvalue weighted by atomic mass is 10.1. The lowest BCUT2D eigenvalue weighted by Crippen LogP contribution is -2.39. The van der Waals surface area contributed by atoms with Crippen LogP contribution in [0.5, 0.6) is 0 Å². The minimum Gasteiger partial charge on any atom is -0.394 e. The van der Waals surface area contributed by atoms with Crippen molar-refractivity contribution in [3.8, 4) is 0 Å². The number of urea groups is 1. The van der Waals surface area contributed by atoms with Crippen molar-refractivity contribution in [3.63, 3.8) is 0 Å². The van der Waals surface area contributed by atoms with Crippen molar-refractivity contribution in [1.82, 2.24) is 10.6 Å². The fraction of sp³-hybridized carbons (Fsp3) is 0.188. The molecule has 1 unspecified atom stereocenters. The highest BCUT2D eigenvalue weighted by Crippen LogP contribution is 2.12. The molecule has 0 aromatic heterocycles. The molecule has 116 valence electrons. The minimum atomic E-state index is -0.594. The molecule has 0 bridgehead atoms. The van der Waals surface area contributed by atoms with E-state index in [0.717, 1.165) is 23.8 Å². The van der Waals surface area contributed by atoms with E-state index in [-0.39, 0.29) is 18.7 Å². The molecule has 0 aliphatic rings. The van der Waals surface area contributed by atoms with Gasteiger partial charge in [0.05, 0.1) is 12.6 Å². The van der Waals surface area contributed by atoms with Gasteiger partial charge in [0.15, 0.2) is 0 Å². The summed E-state index contributed by atoms with van der Waals surface area (Å²) in [5.41, 5.74) is 0.799. The van der Waals surface area contributed by atoms with E-state index in [2.05, 4.69) is 10.6 Å². The molecular weight excluding hydrogens is 290 g/mol. The predicted octanol–water partition coefficient (Wildman–Crippen LogP) is 2.50. The first-order valence-corrected chi connectivity index (χ1v) is 6.74. The summed E-state index contributed by atoms with van der Waals surface area (Å²) in [5.74, 6) is -1.17. The van der Waals surface area contributed by atoms with Crippen LogP contribution in [-0.4, -0.2) is 17.7 Å². The Labute approximate surface area is 126 Å². The number of aliphatic hydroxyl groups is 1. The zero-order chi connectivity index (χ0) is 15.9. The molecule has 3 N–H and O–H groups in total. The zero-order valence-corrected chi connectivity index (χ0v) is 11.7. The average Bonchev–Trinajstić information content (AvgIpc) is 2.54. The number of benzene rings is 2. The summed E-state index contributed by atoms with van der Waals surface area (Å²) in [4.78, 5) is 11.8. The minimum absolute atomic E-state index is 0.0513. The summed E-state index contributed by atoms with van der Waals surface area (Å²) in [6.07, 6.45) is 0. The molecule has 22 heavy (non-hydrogen) atoms. The maximum atomic E-state index is 13.4. The molecule has 0 aliphatic carbocycles. The molecule has 0 radical (unpaired) electrons. The van der Waals surface area contributed by atoms with Crippen molar-refractivity contribution in [2.75, 3.05) is 6.61 Å². The van der Waals surface area contributed by atoms with Gasteiger partial charge in [-0.05, 0) is 23.8 Å². The van der Waals surface area contributed by atoms with E-state index >= 15 is 0 Å². The number of rotatable bonds is 5. The smallest absolute Gasteiger partial charge is 0.315 e. The van der Waals surface area contributed by atoms with Crippen LogP contribution in [0.4, 0.5) is 13.6 Å². The van der Waals surface area contributed by atoms with Gasteiger partial charge < -0.3 is 15.7 Å². The third kappa shape index (κ3) is 4.26. The Bertz CT molecular complexity index is 635. The normalized spacial score (nSPS) is 11.8. The summed E-state index contributed by atoms with van der Waals surface area (Å²) in [7, 11) is 0. The maximum absolute atomic E-state index is 13.4. The Hall–Kier alpha value is -2.47. The lowest BCUT2D eigenvalue weighted by molar-refractivity contribution is 0.216. The monoisotopic (exact) mass is 306 g/mol. The van der Waals surface area contributed by atoms with Crippen LogP contribution >= 0.6 is 0 Å². The number of carbonyl (C=O) groups excluding carboxylic acids is 1. The zero-order valence-electron chi connectivity index (χ0n) is 11.7. The van der Waals surface area contributed by atoms with Crippen LogP contribution in [0.2, 0.25) is 0 Å². The highest BCUT2D eigenvalue weighted by Gasteiger charge is 2.13. The van der Waals surface area contributed by atoms with Crippen molar-refractivity contribution in [3.05, 3.63) is 71.3 Å². The van der Waals surface area contributed by atoms with Gasteiger partial charge in [0.1, 0.15) is 11.6 Å². The van der Waals surface area contributed by atoms with Gasteiger partial charge >= 0.3 is 6.03 Å². The van der Waals surface area contributed by atoms with Crippen LogP contribution in [-0.2, 0) is 6.54 Å². The number of halogens is 2. The molecule has 2 aromatic rings. The summed E-state index contributed by atoms with van der Waals surface area (Å²) in [6, 6.07) is 10.8. The van der Waals surface area contributed by atoms with Crippen molar-refractivity contribution in [2.45, 2.75) is 12.6 Å². The van der Waals surface area contributed by atoms with E-state index in [1.165, 1.54) is 0 Å². The van der Waals surface area contributed by atoms with Gasteiger partial charge in [0.25, 0.3) is 0 Å². The highest BCUT2D eigenvalue weighted by atomic mass is 19.1. The first-order chi connectivity index (χ1) is 10.6. The summed E-state index contributed by atoms with van der Waals surface area (Å²) < 4.78 is 26.5.